The Balaban J connectivity index is 2.60. The Morgan fingerprint density at radius 1 is 0.714 bits per heavy atom. The molecule has 0 aliphatic carbocycles. The molecule has 21 heavy (non-hydrogen) atoms. The number of hydrogen-bond acceptors (Lipinski definition) is 4. The van der Waals surface area contributed by atoms with Gasteiger partial charge in [0.15, 0.2) is 0 Å². The van der Waals surface area contributed by atoms with Gasteiger partial charge in [-0.15, -0.1) is 0 Å². The van der Waals surface area contributed by atoms with E-state index in [1.165, 1.54) is 12.8 Å². The first-order valence-corrected chi connectivity index (χ1v) is 7.99. The second-order valence-corrected chi connectivity index (χ2v) is 5.28. The Bertz CT molecular complexity index is 369. The van der Waals surface area contributed by atoms with Crippen LogP contribution >= 0.6 is 0 Å². The molecule has 1 aromatic heterocycles. The van der Waals surface area contributed by atoms with E-state index >= 15 is 0 Å². The van der Waals surface area contributed by atoms with Crippen molar-refractivity contribution in [3.05, 3.63) is 12.2 Å². The molecule has 0 saturated carbocycles. The van der Waals surface area contributed by atoms with Gasteiger partial charge in [-0.25, -0.2) is 0 Å². The number of aromatic nitrogens is 3. The zero-order valence-corrected chi connectivity index (χ0v) is 13.1. The molecule has 0 aromatic carbocycles. The highest BCUT2D eigenvalue weighted by molar-refractivity contribution is 5.27. The van der Waals surface area contributed by atoms with Gasteiger partial charge in [0, 0.05) is 13.1 Å². The van der Waals surface area contributed by atoms with Gasteiger partial charge in [-0.2, -0.15) is 23.7 Å². The Morgan fingerprint density at radius 3 is 1.62 bits per heavy atom. The van der Waals surface area contributed by atoms with Crippen LogP contribution in [0, 0.1) is 12.2 Å². The minimum atomic E-state index is -1.05. The van der Waals surface area contributed by atoms with Crippen LogP contribution in [0.2, 0.25) is 0 Å². The van der Waals surface area contributed by atoms with Crippen molar-refractivity contribution in [1.82, 2.24) is 15.0 Å². The molecule has 0 spiro atoms. The Hall–Kier alpha value is -1.33. The summed E-state index contributed by atoms with van der Waals surface area (Å²) in [7, 11) is 0. The minimum Gasteiger partial charge on any atom is -0.341 e. The largest absolute Gasteiger partial charge is 0.341 e. The molecule has 0 saturated heterocycles. The van der Waals surface area contributed by atoms with E-state index in [0.29, 0.717) is 0 Å². The first-order valence-electron chi connectivity index (χ1n) is 7.99. The summed E-state index contributed by atoms with van der Waals surface area (Å²) in [6.07, 6.45) is 6.74. The van der Waals surface area contributed by atoms with Crippen LogP contribution in [0.3, 0.4) is 0 Å². The van der Waals surface area contributed by atoms with Crippen LogP contribution in [-0.4, -0.2) is 28.0 Å². The van der Waals surface area contributed by atoms with E-state index in [4.69, 9.17) is 0 Å². The van der Waals surface area contributed by atoms with E-state index in [1.54, 1.807) is 0 Å². The second-order valence-electron chi connectivity index (χ2n) is 5.28. The Kier molecular flexibility index (Phi) is 8.78. The zero-order chi connectivity index (χ0) is 15.5. The molecular weight excluding hydrogens is 274 g/mol. The van der Waals surface area contributed by atoms with Crippen molar-refractivity contribution in [3.63, 3.8) is 0 Å². The molecule has 0 aliphatic rings. The summed E-state index contributed by atoms with van der Waals surface area (Å²) in [6.45, 7) is 5.77. The van der Waals surface area contributed by atoms with Crippen LogP contribution in [0.1, 0.15) is 65.2 Å². The Morgan fingerprint density at radius 2 is 1.19 bits per heavy atom. The van der Waals surface area contributed by atoms with E-state index in [1.807, 2.05) is 4.90 Å². The summed E-state index contributed by atoms with van der Waals surface area (Å²) in [6, 6.07) is 0. The lowest BCUT2D eigenvalue weighted by Gasteiger charge is -2.22. The van der Waals surface area contributed by atoms with E-state index in [-0.39, 0.29) is 5.95 Å². The fraction of sp³-hybridized carbons (Fsp3) is 0.800. The van der Waals surface area contributed by atoms with Gasteiger partial charge in [-0.3, -0.25) is 0 Å². The molecule has 0 amide bonds. The summed E-state index contributed by atoms with van der Waals surface area (Å²) in [5.41, 5.74) is 0. The molecular formula is C15H26F2N4. The van der Waals surface area contributed by atoms with E-state index in [9.17, 15) is 8.78 Å². The summed E-state index contributed by atoms with van der Waals surface area (Å²) < 4.78 is 26.3. The maximum atomic E-state index is 13.1. The molecule has 0 aliphatic heterocycles. The van der Waals surface area contributed by atoms with Crippen molar-refractivity contribution in [2.75, 3.05) is 18.0 Å². The quantitative estimate of drug-likeness (QED) is 0.577. The molecule has 0 fully saturated rings. The van der Waals surface area contributed by atoms with Crippen LogP contribution in [0.5, 0.6) is 0 Å². The van der Waals surface area contributed by atoms with Crippen LogP contribution in [0.15, 0.2) is 0 Å². The molecule has 0 atom stereocenters. The SMILES string of the molecule is CCCCCCN(CCCCCC)c1nc(F)nc(F)n1. The molecule has 0 unspecified atom stereocenters. The van der Waals surface area contributed by atoms with E-state index < -0.39 is 12.2 Å². The van der Waals surface area contributed by atoms with Gasteiger partial charge in [0.1, 0.15) is 0 Å². The normalized spacial score (nSPS) is 10.9. The van der Waals surface area contributed by atoms with Crippen molar-refractivity contribution in [2.24, 2.45) is 0 Å². The summed E-state index contributed by atoms with van der Waals surface area (Å²) in [4.78, 5) is 12.1. The number of halogens is 2. The van der Waals surface area contributed by atoms with Crippen molar-refractivity contribution in [3.8, 4) is 0 Å². The van der Waals surface area contributed by atoms with Crippen molar-refractivity contribution in [1.29, 1.82) is 0 Å². The van der Waals surface area contributed by atoms with Crippen molar-refractivity contribution < 1.29 is 8.78 Å². The molecule has 1 heterocycles. The van der Waals surface area contributed by atoms with Crippen molar-refractivity contribution in [2.45, 2.75) is 65.2 Å². The highest BCUT2D eigenvalue weighted by Gasteiger charge is 2.13. The standard InChI is InChI=1S/C15H26F2N4/c1-3-5-7-9-11-21(12-10-8-6-4-2)15-19-13(16)18-14(17)20-15/h3-12H2,1-2H3. The molecule has 0 bridgehead atoms. The lowest BCUT2D eigenvalue weighted by Crippen LogP contribution is -2.28. The summed E-state index contributed by atoms with van der Waals surface area (Å²) >= 11 is 0. The monoisotopic (exact) mass is 300 g/mol. The number of hydrogen-bond donors (Lipinski definition) is 0. The van der Waals surface area contributed by atoms with Gasteiger partial charge in [0.05, 0.1) is 0 Å². The van der Waals surface area contributed by atoms with Gasteiger partial charge in [-0.1, -0.05) is 52.4 Å². The summed E-state index contributed by atoms with van der Waals surface area (Å²) in [5, 5.41) is 0. The molecule has 0 radical (unpaired) electrons. The van der Waals surface area contributed by atoms with Gasteiger partial charge in [0.2, 0.25) is 5.95 Å². The van der Waals surface area contributed by atoms with E-state index in [0.717, 1.165) is 51.6 Å². The number of unbranched alkanes of at least 4 members (excludes halogenated alkanes) is 6. The van der Waals surface area contributed by atoms with Gasteiger partial charge in [-0.05, 0) is 12.8 Å². The topological polar surface area (TPSA) is 41.9 Å². The maximum absolute atomic E-state index is 13.1. The molecule has 0 N–H and O–H groups in total. The fourth-order valence-electron chi connectivity index (χ4n) is 2.23. The third-order valence-electron chi connectivity index (χ3n) is 3.42. The summed E-state index contributed by atoms with van der Waals surface area (Å²) in [5.74, 6) is 0.119. The van der Waals surface area contributed by atoms with Gasteiger partial charge in [0.25, 0.3) is 0 Å². The number of rotatable bonds is 11. The predicted octanol–water partition coefficient (Wildman–Crippen LogP) is 4.12. The third-order valence-corrected chi connectivity index (χ3v) is 3.42. The lowest BCUT2D eigenvalue weighted by molar-refractivity contribution is 0.450. The smallest absolute Gasteiger partial charge is 0.315 e. The highest BCUT2D eigenvalue weighted by Crippen LogP contribution is 2.12. The average molecular weight is 300 g/mol. The van der Waals surface area contributed by atoms with Crippen molar-refractivity contribution >= 4 is 5.95 Å². The molecule has 1 aromatic rings. The molecule has 120 valence electrons. The highest BCUT2D eigenvalue weighted by atomic mass is 19.1. The fourth-order valence-corrected chi connectivity index (χ4v) is 2.23. The first kappa shape index (κ1) is 17.7. The average Bonchev–Trinajstić information content (AvgIpc) is 2.44. The van der Waals surface area contributed by atoms with Crippen LogP contribution in [0.25, 0.3) is 0 Å². The second kappa shape index (κ2) is 10.4. The number of nitrogens with zero attached hydrogens (tertiary/aromatic N) is 4. The number of anilines is 1. The van der Waals surface area contributed by atoms with Crippen LogP contribution in [-0.2, 0) is 0 Å². The molecule has 4 nitrogen and oxygen atoms in total. The first-order chi connectivity index (χ1) is 10.2. The van der Waals surface area contributed by atoms with Crippen LogP contribution < -0.4 is 4.90 Å². The lowest BCUT2D eigenvalue weighted by atomic mass is 10.2. The van der Waals surface area contributed by atoms with E-state index in [2.05, 4.69) is 28.8 Å². The Labute approximate surface area is 126 Å². The van der Waals surface area contributed by atoms with Gasteiger partial charge < -0.3 is 4.90 Å². The molecule has 6 heteroatoms. The minimum absolute atomic E-state index is 0.119. The van der Waals surface area contributed by atoms with Gasteiger partial charge >= 0.3 is 12.2 Å². The zero-order valence-electron chi connectivity index (χ0n) is 13.1. The molecule has 1 rings (SSSR count). The third kappa shape index (κ3) is 7.29. The maximum Gasteiger partial charge on any atom is 0.315 e. The van der Waals surface area contributed by atoms with Crippen LogP contribution in [0.4, 0.5) is 14.7 Å². The predicted molar refractivity (Wildman–Crippen MR) is 80.2 cm³/mol.